The van der Waals surface area contributed by atoms with Crippen LogP contribution in [0.4, 0.5) is 0 Å². The molecule has 2 N–H and O–H groups in total. The fourth-order valence-electron chi connectivity index (χ4n) is 4.22. The van der Waals surface area contributed by atoms with E-state index >= 15 is 0 Å². The Kier molecular flexibility index (Phi) is 5.52. The Morgan fingerprint density at radius 3 is 2.82 bits per heavy atom. The molecular weight excluding hydrogens is 378 g/mol. The van der Waals surface area contributed by atoms with Gasteiger partial charge in [0.25, 0.3) is 0 Å². The molecule has 150 valence electrons. The highest BCUT2D eigenvalue weighted by atomic mass is 35.5. The fraction of sp³-hybridized carbons (Fsp3) is 0.526. The first-order valence-electron chi connectivity index (χ1n) is 9.72. The zero-order valence-corrected chi connectivity index (χ0v) is 16.8. The minimum Gasteiger partial charge on any atom is -0.460 e. The number of likely N-dealkylation sites (tertiary alicyclic amines) is 1. The molecule has 0 spiro atoms. The molecule has 5 heterocycles. The van der Waals surface area contributed by atoms with Crippen molar-refractivity contribution in [1.29, 1.82) is 0 Å². The highest BCUT2D eigenvalue weighted by Crippen LogP contribution is 2.30. The number of hydrogen-bond acceptors (Lipinski definition) is 6. The zero-order valence-electron chi connectivity index (χ0n) is 16.0. The maximum atomic E-state index is 5.76. The molecule has 0 atom stereocenters. The number of nitrogens with zero attached hydrogens (tertiary/aromatic N) is 5. The second-order valence-electron chi connectivity index (χ2n) is 7.53. The number of aromatic nitrogens is 5. The van der Waals surface area contributed by atoms with Crippen LogP contribution in [-0.2, 0) is 19.6 Å². The molecule has 0 amide bonds. The third-order valence-electron chi connectivity index (χ3n) is 5.70. The van der Waals surface area contributed by atoms with Gasteiger partial charge in [-0.15, -0.1) is 22.6 Å². The van der Waals surface area contributed by atoms with Gasteiger partial charge in [0.05, 0.1) is 12.7 Å². The molecule has 2 aliphatic heterocycles. The summed E-state index contributed by atoms with van der Waals surface area (Å²) in [6.07, 6.45) is 4.17. The summed E-state index contributed by atoms with van der Waals surface area (Å²) >= 11 is 0. The van der Waals surface area contributed by atoms with Gasteiger partial charge < -0.3 is 14.3 Å². The lowest BCUT2D eigenvalue weighted by Crippen LogP contribution is -2.34. The first kappa shape index (κ1) is 19.2. The van der Waals surface area contributed by atoms with Gasteiger partial charge in [0.15, 0.2) is 5.76 Å². The van der Waals surface area contributed by atoms with E-state index in [1.165, 1.54) is 11.4 Å². The highest BCUT2D eigenvalue weighted by Gasteiger charge is 2.27. The summed E-state index contributed by atoms with van der Waals surface area (Å²) in [5.41, 5.74) is 2.18. The standard InChI is InChI=1S/C19H25N7O.ClH/c1-13-2-3-16(27-13)18-15(10-21-23-18)12-25-7-4-14(5-8-25)19-24-22-17-11-20-6-9-26(17)19;/h2-3,10,14,20H,4-9,11-12H2,1H3,(H,21,23);1H. The molecule has 0 aliphatic carbocycles. The van der Waals surface area contributed by atoms with Crippen molar-refractivity contribution in [3.05, 3.63) is 41.3 Å². The van der Waals surface area contributed by atoms with Gasteiger partial charge in [0.1, 0.15) is 23.1 Å². The van der Waals surface area contributed by atoms with Crippen LogP contribution in [0.1, 0.15) is 41.7 Å². The Hall–Kier alpha value is -2.16. The molecule has 0 aromatic carbocycles. The number of halogens is 1. The number of nitrogens with one attached hydrogen (secondary N) is 2. The quantitative estimate of drug-likeness (QED) is 0.695. The number of fused-ring (bicyclic) bond motifs is 1. The lowest BCUT2D eigenvalue weighted by Gasteiger charge is -2.32. The third kappa shape index (κ3) is 3.59. The highest BCUT2D eigenvalue weighted by molar-refractivity contribution is 5.85. The minimum atomic E-state index is 0. The number of H-pyrrole nitrogens is 1. The Balaban J connectivity index is 0.00000192. The molecule has 0 bridgehead atoms. The maximum Gasteiger partial charge on any atom is 0.152 e. The van der Waals surface area contributed by atoms with E-state index in [1.54, 1.807) is 0 Å². The van der Waals surface area contributed by atoms with Gasteiger partial charge in [0.2, 0.25) is 0 Å². The number of aromatic amines is 1. The Labute approximate surface area is 170 Å². The van der Waals surface area contributed by atoms with Crippen molar-refractivity contribution in [1.82, 2.24) is 35.2 Å². The van der Waals surface area contributed by atoms with Gasteiger partial charge in [-0.1, -0.05) is 0 Å². The number of furan rings is 1. The maximum absolute atomic E-state index is 5.76. The second kappa shape index (κ2) is 8.06. The minimum absolute atomic E-state index is 0. The molecular formula is C19H26ClN7O. The predicted molar refractivity (Wildman–Crippen MR) is 107 cm³/mol. The van der Waals surface area contributed by atoms with Crippen LogP contribution in [0.2, 0.25) is 0 Å². The Morgan fingerprint density at radius 2 is 2.04 bits per heavy atom. The lowest BCUT2D eigenvalue weighted by atomic mass is 9.95. The summed E-state index contributed by atoms with van der Waals surface area (Å²) in [4.78, 5) is 2.50. The third-order valence-corrected chi connectivity index (χ3v) is 5.70. The van der Waals surface area contributed by atoms with Gasteiger partial charge in [-0.2, -0.15) is 5.10 Å². The summed E-state index contributed by atoms with van der Waals surface area (Å²) in [5, 5.41) is 19.6. The normalized spacial score (nSPS) is 18.0. The van der Waals surface area contributed by atoms with Gasteiger partial charge in [-0.3, -0.25) is 10.00 Å². The summed E-state index contributed by atoms with van der Waals surface area (Å²) in [5.74, 6) is 4.55. The molecule has 28 heavy (non-hydrogen) atoms. The van der Waals surface area contributed by atoms with Crippen LogP contribution in [0, 0.1) is 6.92 Å². The van der Waals surface area contributed by atoms with E-state index in [4.69, 9.17) is 4.42 Å². The largest absolute Gasteiger partial charge is 0.460 e. The molecule has 9 heteroatoms. The molecule has 8 nitrogen and oxygen atoms in total. The van der Waals surface area contributed by atoms with Crippen molar-refractivity contribution in [2.24, 2.45) is 0 Å². The van der Waals surface area contributed by atoms with Crippen LogP contribution in [0.3, 0.4) is 0 Å². The SMILES string of the molecule is Cc1ccc(-c2[nH]ncc2CN2CCC(c3nnc4n3CCNC4)CC2)o1.Cl. The van der Waals surface area contributed by atoms with Crippen molar-refractivity contribution >= 4 is 12.4 Å². The molecule has 3 aromatic heterocycles. The molecule has 1 saturated heterocycles. The van der Waals surface area contributed by atoms with Crippen LogP contribution in [0.25, 0.3) is 11.5 Å². The molecule has 0 saturated carbocycles. The van der Waals surface area contributed by atoms with Gasteiger partial charge in [0, 0.05) is 31.1 Å². The van der Waals surface area contributed by atoms with Gasteiger partial charge in [-0.25, -0.2) is 0 Å². The Morgan fingerprint density at radius 1 is 1.18 bits per heavy atom. The van der Waals surface area contributed by atoms with E-state index in [0.717, 1.165) is 75.1 Å². The van der Waals surface area contributed by atoms with Crippen molar-refractivity contribution in [2.75, 3.05) is 19.6 Å². The van der Waals surface area contributed by atoms with E-state index < -0.39 is 0 Å². The van der Waals surface area contributed by atoms with Crippen molar-refractivity contribution in [3.8, 4) is 11.5 Å². The van der Waals surface area contributed by atoms with Gasteiger partial charge >= 0.3 is 0 Å². The first-order chi connectivity index (χ1) is 13.3. The smallest absolute Gasteiger partial charge is 0.152 e. The van der Waals surface area contributed by atoms with Crippen LogP contribution in [-0.4, -0.2) is 49.5 Å². The lowest BCUT2D eigenvalue weighted by molar-refractivity contribution is 0.199. The molecule has 5 rings (SSSR count). The molecule has 0 radical (unpaired) electrons. The first-order valence-corrected chi connectivity index (χ1v) is 9.72. The van der Waals surface area contributed by atoms with Crippen LogP contribution < -0.4 is 5.32 Å². The number of aryl methyl sites for hydroxylation is 1. The van der Waals surface area contributed by atoms with E-state index in [1.807, 2.05) is 25.3 Å². The van der Waals surface area contributed by atoms with E-state index in [0.29, 0.717) is 5.92 Å². The predicted octanol–water partition coefficient (Wildman–Crippen LogP) is 2.47. The monoisotopic (exact) mass is 403 g/mol. The number of hydrogen-bond donors (Lipinski definition) is 2. The summed E-state index contributed by atoms with van der Waals surface area (Å²) in [7, 11) is 0. The Bertz CT molecular complexity index is 923. The van der Waals surface area contributed by atoms with Crippen molar-refractivity contribution < 1.29 is 4.42 Å². The average molecular weight is 404 g/mol. The van der Waals surface area contributed by atoms with Crippen molar-refractivity contribution in [3.63, 3.8) is 0 Å². The second-order valence-corrected chi connectivity index (χ2v) is 7.53. The van der Waals surface area contributed by atoms with E-state index in [2.05, 4.69) is 35.2 Å². The number of rotatable bonds is 4. The number of piperidine rings is 1. The molecule has 3 aromatic rings. The zero-order chi connectivity index (χ0) is 18.2. The van der Waals surface area contributed by atoms with E-state index in [9.17, 15) is 0 Å². The van der Waals surface area contributed by atoms with Gasteiger partial charge in [-0.05, 0) is 45.0 Å². The fourth-order valence-corrected chi connectivity index (χ4v) is 4.22. The molecule has 0 unspecified atom stereocenters. The average Bonchev–Trinajstić information content (AvgIpc) is 3.42. The van der Waals surface area contributed by atoms with Crippen LogP contribution >= 0.6 is 12.4 Å². The van der Waals surface area contributed by atoms with Crippen molar-refractivity contribution in [2.45, 2.75) is 45.3 Å². The van der Waals surface area contributed by atoms with Crippen LogP contribution in [0.5, 0.6) is 0 Å². The summed E-state index contributed by atoms with van der Waals surface area (Å²) in [6.45, 7) is 7.80. The van der Waals surface area contributed by atoms with E-state index in [-0.39, 0.29) is 12.4 Å². The molecule has 1 fully saturated rings. The summed E-state index contributed by atoms with van der Waals surface area (Å²) in [6, 6.07) is 3.99. The summed E-state index contributed by atoms with van der Waals surface area (Å²) < 4.78 is 8.09. The van der Waals surface area contributed by atoms with Crippen LogP contribution in [0.15, 0.2) is 22.7 Å². The molecule has 2 aliphatic rings. The topological polar surface area (TPSA) is 87.8 Å².